The summed E-state index contributed by atoms with van der Waals surface area (Å²) >= 11 is 5.03. The first-order valence-corrected chi connectivity index (χ1v) is 11.5. The molecule has 2 atom stereocenters. The van der Waals surface area contributed by atoms with E-state index < -0.39 is 6.04 Å². The van der Waals surface area contributed by atoms with E-state index in [1.807, 2.05) is 44.4 Å². The normalized spacial score (nSPS) is 12.7. The van der Waals surface area contributed by atoms with E-state index in [0.29, 0.717) is 16.5 Å². The molecule has 2 N–H and O–H groups in total. The number of amides is 2. The van der Waals surface area contributed by atoms with Gasteiger partial charge >= 0.3 is 0 Å². The van der Waals surface area contributed by atoms with Crippen LogP contribution in [-0.2, 0) is 4.79 Å². The van der Waals surface area contributed by atoms with Crippen LogP contribution >= 0.6 is 27.7 Å². The fraction of sp³-hybridized carbons (Fsp3) is 0.364. The van der Waals surface area contributed by atoms with E-state index in [9.17, 15) is 9.59 Å². The molecule has 29 heavy (non-hydrogen) atoms. The van der Waals surface area contributed by atoms with Crippen molar-refractivity contribution in [1.29, 1.82) is 0 Å². The van der Waals surface area contributed by atoms with Gasteiger partial charge in [0.2, 0.25) is 5.91 Å². The van der Waals surface area contributed by atoms with Crippen molar-refractivity contribution in [3.05, 3.63) is 63.6 Å². The van der Waals surface area contributed by atoms with Gasteiger partial charge in [0.25, 0.3) is 5.91 Å². The van der Waals surface area contributed by atoms with E-state index in [1.165, 1.54) is 0 Å². The molecule has 0 radical (unpaired) electrons. The lowest BCUT2D eigenvalue weighted by Gasteiger charge is -2.23. The largest absolute Gasteiger partial charge is 0.496 e. The van der Waals surface area contributed by atoms with Gasteiger partial charge in [-0.2, -0.15) is 11.8 Å². The first-order chi connectivity index (χ1) is 13.9. The third kappa shape index (κ3) is 6.51. The van der Waals surface area contributed by atoms with Crippen LogP contribution in [0.15, 0.2) is 46.9 Å². The lowest BCUT2D eigenvalue weighted by atomic mass is 10.0. The zero-order valence-electron chi connectivity index (χ0n) is 17.1. The SMILES string of the molecule is COc1ccc(C)cc1C(C)NC(=O)C(CCSC)NC(=O)c1ccccc1Br. The van der Waals surface area contributed by atoms with Crippen molar-refractivity contribution in [3.63, 3.8) is 0 Å². The summed E-state index contributed by atoms with van der Waals surface area (Å²) < 4.78 is 6.13. The van der Waals surface area contributed by atoms with Gasteiger partial charge in [0.15, 0.2) is 0 Å². The van der Waals surface area contributed by atoms with E-state index in [2.05, 4.69) is 26.6 Å². The summed E-state index contributed by atoms with van der Waals surface area (Å²) in [6.45, 7) is 3.91. The lowest BCUT2D eigenvalue weighted by Crippen LogP contribution is -2.47. The number of halogens is 1. The maximum Gasteiger partial charge on any atom is 0.253 e. The fourth-order valence-electron chi connectivity index (χ4n) is 2.97. The predicted octanol–water partition coefficient (Wildman–Crippen LogP) is 4.50. The van der Waals surface area contributed by atoms with Crippen molar-refractivity contribution < 1.29 is 14.3 Å². The maximum absolute atomic E-state index is 13.0. The zero-order chi connectivity index (χ0) is 21.4. The second kappa shape index (κ2) is 11.3. The van der Waals surface area contributed by atoms with Crippen molar-refractivity contribution in [2.24, 2.45) is 0 Å². The van der Waals surface area contributed by atoms with Crippen LogP contribution < -0.4 is 15.4 Å². The molecule has 0 saturated carbocycles. The molecular formula is C22H27BrN2O3S. The van der Waals surface area contributed by atoms with Crippen LogP contribution in [0.3, 0.4) is 0 Å². The maximum atomic E-state index is 13.0. The van der Waals surface area contributed by atoms with Crippen LogP contribution in [0.4, 0.5) is 0 Å². The number of thioether (sulfide) groups is 1. The molecule has 2 amide bonds. The lowest BCUT2D eigenvalue weighted by molar-refractivity contribution is -0.123. The molecule has 2 unspecified atom stereocenters. The van der Waals surface area contributed by atoms with Crippen molar-refractivity contribution in [2.75, 3.05) is 19.1 Å². The molecule has 0 aliphatic heterocycles. The summed E-state index contributed by atoms with van der Waals surface area (Å²) in [5, 5.41) is 5.90. The van der Waals surface area contributed by atoms with Crippen molar-refractivity contribution in [1.82, 2.24) is 10.6 Å². The first-order valence-electron chi connectivity index (χ1n) is 9.36. The average molecular weight is 479 g/mol. The molecule has 2 rings (SSSR count). The van der Waals surface area contributed by atoms with Crippen LogP contribution in [-0.4, -0.2) is 37.0 Å². The van der Waals surface area contributed by atoms with Crippen LogP contribution in [0.5, 0.6) is 5.75 Å². The number of aryl methyl sites for hydroxylation is 1. The van der Waals surface area contributed by atoms with Gasteiger partial charge in [-0.15, -0.1) is 0 Å². The Morgan fingerprint density at radius 3 is 2.55 bits per heavy atom. The summed E-state index contributed by atoms with van der Waals surface area (Å²) in [7, 11) is 1.61. The van der Waals surface area contributed by atoms with Gasteiger partial charge in [0, 0.05) is 10.0 Å². The number of nitrogens with one attached hydrogen (secondary N) is 2. The number of rotatable bonds is 9. The van der Waals surface area contributed by atoms with Crippen LogP contribution in [0, 0.1) is 6.92 Å². The molecule has 5 nitrogen and oxygen atoms in total. The molecule has 0 aliphatic rings. The molecule has 0 heterocycles. The van der Waals surface area contributed by atoms with Gasteiger partial charge in [0.1, 0.15) is 11.8 Å². The molecular weight excluding hydrogens is 452 g/mol. The standard InChI is InChI=1S/C22H27BrN2O3S/c1-14-9-10-20(28-3)17(13-14)15(2)24-22(27)19(11-12-29-4)25-21(26)16-7-5-6-8-18(16)23/h5-10,13,15,19H,11-12H2,1-4H3,(H,24,27)(H,25,26). The quantitative estimate of drug-likeness (QED) is 0.556. The molecule has 0 aliphatic carbocycles. The summed E-state index contributed by atoms with van der Waals surface area (Å²) in [4.78, 5) is 25.7. The molecule has 0 fully saturated rings. The monoisotopic (exact) mass is 478 g/mol. The molecule has 2 aromatic carbocycles. The highest BCUT2D eigenvalue weighted by Gasteiger charge is 2.24. The predicted molar refractivity (Wildman–Crippen MR) is 123 cm³/mol. The van der Waals surface area contributed by atoms with E-state index in [0.717, 1.165) is 22.6 Å². The van der Waals surface area contributed by atoms with Gasteiger partial charge in [-0.05, 0) is 66.4 Å². The summed E-state index contributed by atoms with van der Waals surface area (Å²) in [6, 6.07) is 12.2. The minimum Gasteiger partial charge on any atom is -0.496 e. The molecule has 156 valence electrons. The second-order valence-electron chi connectivity index (χ2n) is 6.76. The molecule has 0 saturated heterocycles. The Morgan fingerprint density at radius 1 is 1.17 bits per heavy atom. The Labute approximate surface area is 185 Å². The summed E-state index contributed by atoms with van der Waals surface area (Å²) in [6.07, 6.45) is 2.52. The van der Waals surface area contributed by atoms with Gasteiger partial charge in [-0.25, -0.2) is 0 Å². The van der Waals surface area contributed by atoms with Crippen LogP contribution in [0.1, 0.15) is 40.9 Å². The van der Waals surface area contributed by atoms with Crippen molar-refractivity contribution in [2.45, 2.75) is 32.4 Å². The van der Waals surface area contributed by atoms with Crippen molar-refractivity contribution in [3.8, 4) is 5.75 Å². The highest BCUT2D eigenvalue weighted by atomic mass is 79.9. The number of ether oxygens (including phenoxy) is 1. The topological polar surface area (TPSA) is 67.4 Å². The molecule has 0 aromatic heterocycles. The smallest absolute Gasteiger partial charge is 0.253 e. The third-order valence-corrected chi connectivity index (χ3v) is 5.90. The fourth-order valence-corrected chi connectivity index (χ4v) is 3.91. The third-order valence-electron chi connectivity index (χ3n) is 4.56. The van der Waals surface area contributed by atoms with Crippen molar-refractivity contribution >= 4 is 39.5 Å². The highest BCUT2D eigenvalue weighted by molar-refractivity contribution is 9.10. The Bertz CT molecular complexity index is 860. The molecule has 0 bridgehead atoms. The minimum absolute atomic E-state index is 0.212. The Balaban J connectivity index is 2.15. The van der Waals surface area contributed by atoms with Gasteiger partial charge in [0.05, 0.1) is 18.7 Å². The van der Waals surface area contributed by atoms with E-state index in [1.54, 1.807) is 37.1 Å². The zero-order valence-corrected chi connectivity index (χ0v) is 19.5. The second-order valence-corrected chi connectivity index (χ2v) is 8.60. The van der Waals surface area contributed by atoms with E-state index >= 15 is 0 Å². The van der Waals surface area contributed by atoms with E-state index in [-0.39, 0.29) is 17.9 Å². The number of hydrogen-bond acceptors (Lipinski definition) is 4. The average Bonchev–Trinajstić information content (AvgIpc) is 2.71. The first kappa shape index (κ1) is 23.3. The van der Waals surface area contributed by atoms with Crippen LogP contribution in [0.2, 0.25) is 0 Å². The summed E-state index contributed by atoms with van der Waals surface area (Å²) in [5.74, 6) is 0.993. The molecule has 0 spiro atoms. The van der Waals surface area contributed by atoms with Gasteiger partial charge in [-0.1, -0.05) is 29.8 Å². The molecule has 2 aromatic rings. The minimum atomic E-state index is -0.625. The highest BCUT2D eigenvalue weighted by Crippen LogP contribution is 2.26. The number of benzene rings is 2. The molecule has 7 heteroatoms. The van der Waals surface area contributed by atoms with E-state index in [4.69, 9.17) is 4.74 Å². The van der Waals surface area contributed by atoms with Gasteiger partial charge in [-0.3, -0.25) is 9.59 Å². The number of carbonyl (C=O) groups excluding carboxylic acids is 2. The Kier molecular flexibility index (Phi) is 9.04. The Morgan fingerprint density at radius 2 is 1.90 bits per heavy atom. The number of carbonyl (C=O) groups is 2. The van der Waals surface area contributed by atoms with Crippen LogP contribution in [0.25, 0.3) is 0 Å². The van der Waals surface area contributed by atoms with Gasteiger partial charge < -0.3 is 15.4 Å². The Hall–Kier alpha value is -1.99. The summed E-state index contributed by atoms with van der Waals surface area (Å²) in [5.41, 5.74) is 2.49. The number of methoxy groups -OCH3 is 1. The number of hydrogen-bond donors (Lipinski definition) is 2.